The van der Waals surface area contributed by atoms with Crippen LogP contribution in [0.15, 0.2) is 18.3 Å². The van der Waals surface area contributed by atoms with Crippen LogP contribution in [0, 0.1) is 0 Å². The van der Waals surface area contributed by atoms with Crippen LogP contribution >= 0.6 is 0 Å². The summed E-state index contributed by atoms with van der Waals surface area (Å²) in [6, 6.07) is 3.95. The Bertz CT molecular complexity index is 614. The molecule has 2 heterocycles. The number of rotatable bonds is 4. The highest BCUT2D eigenvalue weighted by atomic mass is 16.3. The fourth-order valence-corrected chi connectivity index (χ4v) is 3.00. The van der Waals surface area contributed by atoms with Crippen LogP contribution in [0.4, 0.5) is 5.82 Å². The van der Waals surface area contributed by atoms with Crippen molar-refractivity contribution in [1.82, 2.24) is 14.6 Å². The molecular formula is C16H24N4O. The molecular weight excluding hydrogens is 264 g/mol. The molecule has 1 fully saturated rings. The topological polar surface area (TPSA) is 62.5 Å². The number of hydrogen-bond donors (Lipinski definition) is 2. The number of anilines is 1. The van der Waals surface area contributed by atoms with Crippen LogP contribution in [-0.2, 0) is 0 Å². The molecule has 3 rings (SSSR count). The zero-order valence-electron chi connectivity index (χ0n) is 12.8. The van der Waals surface area contributed by atoms with E-state index in [4.69, 9.17) is 0 Å². The number of aromatic nitrogens is 3. The number of hydrogen-bond acceptors (Lipinski definition) is 4. The maximum Gasteiger partial charge on any atom is 0.157 e. The Kier molecular flexibility index (Phi) is 3.85. The smallest absolute Gasteiger partial charge is 0.157 e. The van der Waals surface area contributed by atoms with E-state index in [0.29, 0.717) is 12.5 Å². The van der Waals surface area contributed by atoms with E-state index in [1.165, 1.54) is 6.42 Å². The summed E-state index contributed by atoms with van der Waals surface area (Å²) >= 11 is 0. The summed E-state index contributed by atoms with van der Waals surface area (Å²) in [4.78, 5) is 4.61. The number of aliphatic hydroxyl groups is 1. The molecule has 1 aliphatic rings. The van der Waals surface area contributed by atoms with E-state index in [0.717, 1.165) is 42.8 Å². The molecule has 21 heavy (non-hydrogen) atoms. The fourth-order valence-electron chi connectivity index (χ4n) is 3.00. The van der Waals surface area contributed by atoms with Gasteiger partial charge in [0.2, 0.25) is 0 Å². The molecule has 0 aromatic carbocycles. The second kappa shape index (κ2) is 5.64. The van der Waals surface area contributed by atoms with E-state index in [9.17, 15) is 5.11 Å². The van der Waals surface area contributed by atoms with Crippen molar-refractivity contribution in [2.75, 3.05) is 11.9 Å². The summed E-state index contributed by atoms with van der Waals surface area (Å²) in [5.74, 6) is 1.27. The highest BCUT2D eigenvalue weighted by Gasteiger charge is 2.29. The molecule has 0 unspecified atom stereocenters. The van der Waals surface area contributed by atoms with Crippen molar-refractivity contribution in [2.24, 2.45) is 0 Å². The summed E-state index contributed by atoms with van der Waals surface area (Å²) < 4.78 is 1.80. The fraction of sp³-hybridized carbons (Fsp3) is 0.625. The maximum absolute atomic E-state index is 10.6. The minimum atomic E-state index is -0.584. The molecule has 0 spiro atoms. The second-order valence-corrected chi connectivity index (χ2v) is 6.46. The van der Waals surface area contributed by atoms with Crippen LogP contribution < -0.4 is 5.32 Å². The van der Waals surface area contributed by atoms with Gasteiger partial charge in [0.15, 0.2) is 5.65 Å². The van der Waals surface area contributed by atoms with Gasteiger partial charge in [-0.05, 0) is 18.8 Å². The lowest BCUT2D eigenvalue weighted by atomic mass is 9.85. The van der Waals surface area contributed by atoms with Gasteiger partial charge in [-0.25, -0.2) is 4.98 Å². The van der Waals surface area contributed by atoms with Crippen LogP contribution in [0.1, 0.15) is 57.6 Å². The molecule has 0 bridgehead atoms. The molecule has 2 aromatic heterocycles. The summed E-state index contributed by atoms with van der Waals surface area (Å²) in [5, 5.41) is 18.3. The van der Waals surface area contributed by atoms with Crippen LogP contribution in [0.5, 0.6) is 0 Å². The van der Waals surface area contributed by atoms with Gasteiger partial charge in [-0.3, -0.25) is 0 Å². The van der Waals surface area contributed by atoms with Crippen molar-refractivity contribution in [2.45, 2.75) is 57.5 Å². The van der Waals surface area contributed by atoms with Gasteiger partial charge in [-0.15, -0.1) is 0 Å². The van der Waals surface area contributed by atoms with E-state index < -0.39 is 5.60 Å². The van der Waals surface area contributed by atoms with Crippen molar-refractivity contribution >= 4 is 11.5 Å². The third kappa shape index (κ3) is 3.02. The first-order valence-electron chi connectivity index (χ1n) is 7.88. The Morgan fingerprint density at radius 2 is 2.10 bits per heavy atom. The van der Waals surface area contributed by atoms with Gasteiger partial charge in [-0.2, -0.15) is 9.61 Å². The number of nitrogens with one attached hydrogen (secondary N) is 1. The first kappa shape index (κ1) is 14.3. The Morgan fingerprint density at radius 3 is 2.81 bits per heavy atom. The monoisotopic (exact) mass is 288 g/mol. The standard InChI is InChI=1S/C16H24N4O/c1-12(2)13-10-15(20-14(19-13)6-9-18-20)17-11-16(21)7-4-3-5-8-16/h6,9-10,12,17,21H,3-5,7-8,11H2,1-2H3. The van der Waals surface area contributed by atoms with Gasteiger partial charge in [-0.1, -0.05) is 33.1 Å². The maximum atomic E-state index is 10.6. The van der Waals surface area contributed by atoms with Crippen molar-refractivity contribution in [1.29, 1.82) is 0 Å². The summed E-state index contributed by atoms with van der Waals surface area (Å²) in [6.07, 6.45) is 6.98. The lowest BCUT2D eigenvalue weighted by Gasteiger charge is -2.32. The van der Waals surface area contributed by atoms with Crippen LogP contribution in [-0.4, -0.2) is 31.9 Å². The average Bonchev–Trinajstić information content (AvgIpc) is 2.94. The van der Waals surface area contributed by atoms with Gasteiger partial charge in [0.25, 0.3) is 0 Å². The molecule has 0 aliphatic heterocycles. The molecule has 2 N–H and O–H groups in total. The summed E-state index contributed by atoms with van der Waals surface area (Å²) in [7, 11) is 0. The van der Waals surface area contributed by atoms with Crippen LogP contribution in [0.3, 0.4) is 0 Å². The average molecular weight is 288 g/mol. The van der Waals surface area contributed by atoms with Gasteiger partial charge >= 0.3 is 0 Å². The highest BCUT2D eigenvalue weighted by Crippen LogP contribution is 2.28. The minimum absolute atomic E-state index is 0.364. The predicted molar refractivity (Wildman–Crippen MR) is 83.6 cm³/mol. The highest BCUT2D eigenvalue weighted by molar-refractivity contribution is 5.49. The van der Waals surface area contributed by atoms with Gasteiger partial charge < -0.3 is 10.4 Å². The lowest BCUT2D eigenvalue weighted by Crippen LogP contribution is -2.39. The first-order valence-corrected chi connectivity index (χ1v) is 7.88. The van der Waals surface area contributed by atoms with E-state index in [1.807, 2.05) is 12.1 Å². The predicted octanol–water partition coefficient (Wildman–Crippen LogP) is 2.96. The molecule has 0 radical (unpaired) electrons. The van der Waals surface area contributed by atoms with Gasteiger partial charge in [0.05, 0.1) is 11.8 Å². The molecule has 2 aromatic rings. The largest absolute Gasteiger partial charge is 0.388 e. The normalized spacial score (nSPS) is 18.3. The number of nitrogens with zero attached hydrogens (tertiary/aromatic N) is 3. The molecule has 5 heteroatoms. The van der Waals surface area contributed by atoms with Crippen molar-refractivity contribution in [3.63, 3.8) is 0 Å². The Hall–Kier alpha value is -1.62. The molecule has 0 atom stereocenters. The Labute approximate surface area is 125 Å². The summed E-state index contributed by atoms with van der Waals surface area (Å²) in [6.45, 7) is 4.84. The molecule has 0 amide bonds. The molecule has 5 nitrogen and oxygen atoms in total. The molecule has 1 aliphatic carbocycles. The van der Waals surface area contributed by atoms with Crippen molar-refractivity contribution in [3.8, 4) is 0 Å². The molecule has 114 valence electrons. The Balaban J connectivity index is 1.83. The number of fused-ring (bicyclic) bond motifs is 1. The van der Waals surface area contributed by atoms with Crippen molar-refractivity contribution in [3.05, 3.63) is 24.0 Å². The molecule has 0 saturated heterocycles. The summed E-state index contributed by atoms with van der Waals surface area (Å²) in [5.41, 5.74) is 1.30. The quantitative estimate of drug-likeness (QED) is 0.908. The third-order valence-electron chi connectivity index (χ3n) is 4.35. The van der Waals surface area contributed by atoms with Gasteiger partial charge in [0.1, 0.15) is 5.82 Å². The first-order chi connectivity index (χ1) is 10.1. The van der Waals surface area contributed by atoms with Gasteiger partial charge in [0, 0.05) is 24.4 Å². The minimum Gasteiger partial charge on any atom is -0.388 e. The zero-order chi connectivity index (χ0) is 14.9. The second-order valence-electron chi connectivity index (χ2n) is 6.46. The Morgan fingerprint density at radius 1 is 1.33 bits per heavy atom. The van der Waals surface area contributed by atoms with E-state index >= 15 is 0 Å². The van der Waals surface area contributed by atoms with E-state index in [2.05, 4.69) is 29.2 Å². The van der Waals surface area contributed by atoms with Crippen molar-refractivity contribution < 1.29 is 5.11 Å². The van der Waals surface area contributed by atoms with Crippen LogP contribution in [0.25, 0.3) is 5.65 Å². The zero-order valence-corrected chi connectivity index (χ0v) is 12.8. The van der Waals surface area contributed by atoms with E-state index in [1.54, 1.807) is 10.7 Å². The van der Waals surface area contributed by atoms with E-state index in [-0.39, 0.29) is 0 Å². The van der Waals surface area contributed by atoms with Crippen LogP contribution in [0.2, 0.25) is 0 Å². The lowest BCUT2D eigenvalue weighted by molar-refractivity contribution is 0.0166. The SMILES string of the molecule is CC(C)c1cc(NCC2(O)CCCCC2)n2nccc2n1. The molecule has 1 saturated carbocycles. The third-order valence-corrected chi connectivity index (χ3v) is 4.35.